The highest BCUT2D eigenvalue weighted by Crippen LogP contribution is 2.10. The van der Waals surface area contributed by atoms with Crippen LogP contribution in [0.4, 0.5) is 4.79 Å². The second-order valence-electron chi connectivity index (χ2n) is 2.77. The summed E-state index contributed by atoms with van der Waals surface area (Å²) in [4.78, 5) is 14.4. The van der Waals surface area contributed by atoms with E-state index >= 15 is 0 Å². The first-order valence-corrected chi connectivity index (χ1v) is 4.05. The van der Waals surface area contributed by atoms with Gasteiger partial charge in [-0.25, -0.2) is 4.79 Å². The fourth-order valence-electron chi connectivity index (χ4n) is 1.15. The lowest BCUT2D eigenvalue weighted by molar-refractivity contribution is 0.150. The molecule has 0 aromatic carbocycles. The third-order valence-corrected chi connectivity index (χ3v) is 2.28. The molecule has 2 N–H and O–H groups in total. The van der Waals surface area contributed by atoms with Crippen molar-refractivity contribution in [1.29, 1.82) is 0 Å². The van der Waals surface area contributed by atoms with E-state index in [-0.39, 0.29) is 11.4 Å². The predicted octanol–water partition coefficient (Wildman–Crippen LogP) is -0.432. The summed E-state index contributed by atoms with van der Waals surface area (Å²) in [5, 5.41) is -0.0498. The topological polar surface area (TPSA) is 49.6 Å². The first kappa shape index (κ1) is 8.67. The van der Waals surface area contributed by atoms with E-state index < -0.39 is 0 Å². The van der Waals surface area contributed by atoms with Crippen LogP contribution in [0.5, 0.6) is 0 Å². The molecule has 1 saturated heterocycles. The average Bonchev–Trinajstić information content (AvgIpc) is 1.85. The monoisotopic (exact) mass is 175 g/mol. The first-order chi connectivity index (χ1) is 5.11. The van der Waals surface area contributed by atoms with Crippen LogP contribution in [0.2, 0.25) is 0 Å². The number of urea groups is 1. The van der Waals surface area contributed by atoms with E-state index in [2.05, 4.69) is 17.5 Å². The zero-order valence-electron chi connectivity index (χ0n) is 6.53. The number of thiol groups is 1. The standard InChI is InChI=1S/C6H13N3OS/c1-8-2-3-9(6(7)10)5(11)4-8/h5,11H,2-4H2,1H3,(H2,7,10). The van der Waals surface area contributed by atoms with Gasteiger partial charge < -0.3 is 15.5 Å². The van der Waals surface area contributed by atoms with E-state index in [9.17, 15) is 4.79 Å². The van der Waals surface area contributed by atoms with E-state index in [1.807, 2.05) is 7.05 Å². The Morgan fingerprint density at radius 3 is 2.73 bits per heavy atom. The van der Waals surface area contributed by atoms with E-state index in [1.54, 1.807) is 4.90 Å². The molecule has 1 fully saturated rings. The first-order valence-electron chi connectivity index (χ1n) is 3.54. The lowest BCUT2D eigenvalue weighted by Gasteiger charge is -2.36. The predicted molar refractivity (Wildman–Crippen MR) is 46.6 cm³/mol. The summed E-state index contributed by atoms with van der Waals surface area (Å²) in [7, 11) is 2.00. The minimum absolute atomic E-state index is 0.0498. The summed E-state index contributed by atoms with van der Waals surface area (Å²) in [6.45, 7) is 2.34. The van der Waals surface area contributed by atoms with Gasteiger partial charge in [0.15, 0.2) is 0 Å². The van der Waals surface area contributed by atoms with Crippen LogP contribution in [0.1, 0.15) is 0 Å². The molecule has 0 aliphatic carbocycles. The summed E-state index contributed by atoms with van der Waals surface area (Å²) >= 11 is 4.24. The van der Waals surface area contributed by atoms with Crippen LogP contribution in [-0.2, 0) is 0 Å². The maximum Gasteiger partial charge on any atom is 0.315 e. The molecule has 1 atom stereocenters. The molecular formula is C6H13N3OS. The number of nitrogens with two attached hydrogens (primary N) is 1. The molecule has 1 unspecified atom stereocenters. The highest BCUT2D eigenvalue weighted by molar-refractivity contribution is 7.80. The molecular weight excluding hydrogens is 162 g/mol. The van der Waals surface area contributed by atoms with Gasteiger partial charge >= 0.3 is 6.03 Å². The Labute approximate surface area is 71.7 Å². The van der Waals surface area contributed by atoms with Crippen molar-refractivity contribution in [1.82, 2.24) is 9.80 Å². The van der Waals surface area contributed by atoms with Gasteiger partial charge in [0.2, 0.25) is 0 Å². The molecule has 0 aromatic heterocycles. The van der Waals surface area contributed by atoms with Gasteiger partial charge in [-0.15, -0.1) is 0 Å². The number of hydrogen-bond donors (Lipinski definition) is 2. The van der Waals surface area contributed by atoms with Gasteiger partial charge in [-0.05, 0) is 7.05 Å². The van der Waals surface area contributed by atoms with Crippen molar-refractivity contribution >= 4 is 18.7 Å². The van der Waals surface area contributed by atoms with Crippen molar-refractivity contribution in [2.75, 3.05) is 26.7 Å². The number of carbonyl (C=O) groups excluding carboxylic acids is 1. The van der Waals surface area contributed by atoms with E-state index in [4.69, 9.17) is 5.73 Å². The smallest absolute Gasteiger partial charge is 0.315 e. The molecule has 0 aromatic rings. The molecule has 64 valence electrons. The molecule has 2 amide bonds. The second kappa shape index (κ2) is 3.32. The zero-order valence-corrected chi connectivity index (χ0v) is 7.42. The van der Waals surface area contributed by atoms with Crippen molar-refractivity contribution in [2.45, 2.75) is 5.37 Å². The number of primary amides is 1. The fourth-order valence-corrected chi connectivity index (χ4v) is 1.66. The van der Waals surface area contributed by atoms with Gasteiger partial charge in [0.05, 0.1) is 5.37 Å². The molecule has 1 heterocycles. The van der Waals surface area contributed by atoms with Crippen LogP contribution in [0.15, 0.2) is 0 Å². The fraction of sp³-hybridized carbons (Fsp3) is 0.833. The van der Waals surface area contributed by atoms with Crippen LogP contribution in [0.3, 0.4) is 0 Å². The number of nitrogens with zero attached hydrogens (tertiary/aromatic N) is 2. The van der Waals surface area contributed by atoms with E-state index in [1.165, 1.54) is 0 Å². The number of amides is 2. The van der Waals surface area contributed by atoms with Crippen molar-refractivity contribution in [3.63, 3.8) is 0 Å². The Hall–Kier alpha value is -0.420. The molecule has 1 rings (SSSR count). The summed E-state index contributed by atoms with van der Waals surface area (Å²) in [6, 6.07) is -0.377. The Bertz CT molecular complexity index is 164. The average molecular weight is 175 g/mol. The van der Waals surface area contributed by atoms with Crippen molar-refractivity contribution in [3.05, 3.63) is 0 Å². The summed E-state index contributed by atoms with van der Waals surface area (Å²) in [5.41, 5.74) is 5.12. The molecule has 1 aliphatic heterocycles. The largest absolute Gasteiger partial charge is 0.351 e. The van der Waals surface area contributed by atoms with Gasteiger partial charge in [0.1, 0.15) is 0 Å². The highest BCUT2D eigenvalue weighted by atomic mass is 32.1. The second-order valence-corrected chi connectivity index (χ2v) is 3.37. The molecule has 0 radical (unpaired) electrons. The minimum atomic E-state index is -0.377. The summed E-state index contributed by atoms with van der Waals surface area (Å²) in [5.74, 6) is 0. The zero-order chi connectivity index (χ0) is 8.43. The normalized spacial score (nSPS) is 27.1. The van der Waals surface area contributed by atoms with E-state index in [0.29, 0.717) is 6.54 Å². The van der Waals surface area contributed by atoms with Crippen LogP contribution in [0.25, 0.3) is 0 Å². The molecule has 0 bridgehead atoms. The van der Waals surface area contributed by atoms with Gasteiger partial charge in [0, 0.05) is 19.6 Å². The van der Waals surface area contributed by atoms with Crippen molar-refractivity contribution in [2.24, 2.45) is 5.73 Å². The maximum absolute atomic E-state index is 10.8. The Morgan fingerprint density at radius 2 is 2.27 bits per heavy atom. The molecule has 4 nitrogen and oxygen atoms in total. The number of carbonyl (C=O) groups is 1. The lowest BCUT2D eigenvalue weighted by atomic mass is 10.3. The third kappa shape index (κ3) is 2.00. The number of rotatable bonds is 0. The van der Waals surface area contributed by atoms with Crippen LogP contribution < -0.4 is 5.73 Å². The van der Waals surface area contributed by atoms with Gasteiger partial charge in [-0.1, -0.05) is 0 Å². The van der Waals surface area contributed by atoms with Gasteiger partial charge in [-0.2, -0.15) is 12.6 Å². The lowest BCUT2D eigenvalue weighted by Crippen LogP contribution is -2.53. The quantitative estimate of drug-likeness (QED) is 0.491. The summed E-state index contributed by atoms with van der Waals surface area (Å²) in [6.07, 6.45) is 0. The third-order valence-electron chi connectivity index (χ3n) is 1.84. The Kier molecular flexibility index (Phi) is 2.62. The summed E-state index contributed by atoms with van der Waals surface area (Å²) < 4.78 is 0. The Balaban J connectivity index is 2.50. The number of likely N-dealkylation sites (N-methyl/N-ethyl adjacent to an activating group) is 1. The SMILES string of the molecule is CN1CCN(C(N)=O)C(S)C1. The number of hydrogen-bond acceptors (Lipinski definition) is 3. The van der Waals surface area contributed by atoms with Crippen LogP contribution >= 0.6 is 12.6 Å². The number of piperazine rings is 1. The molecule has 0 saturated carbocycles. The molecule has 0 spiro atoms. The van der Waals surface area contributed by atoms with Crippen molar-refractivity contribution < 1.29 is 4.79 Å². The maximum atomic E-state index is 10.8. The van der Waals surface area contributed by atoms with E-state index in [0.717, 1.165) is 13.1 Å². The molecule has 11 heavy (non-hydrogen) atoms. The van der Waals surface area contributed by atoms with Gasteiger partial charge in [0.25, 0.3) is 0 Å². The minimum Gasteiger partial charge on any atom is -0.351 e. The van der Waals surface area contributed by atoms with Crippen LogP contribution in [0, 0.1) is 0 Å². The highest BCUT2D eigenvalue weighted by Gasteiger charge is 2.24. The van der Waals surface area contributed by atoms with Crippen molar-refractivity contribution in [3.8, 4) is 0 Å². The Morgan fingerprint density at radius 1 is 1.64 bits per heavy atom. The van der Waals surface area contributed by atoms with Crippen LogP contribution in [-0.4, -0.2) is 47.9 Å². The molecule has 5 heteroatoms. The van der Waals surface area contributed by atoms with Gasteiger partial charge in [-0.3, -0.25) is 0 Å². The molecule has 1 aliphatic rings.